The molecule has 1 aromatic rings. The van der Waals surface area contributed by atoms with E-state index in [2.05, 4.69) is 29.0 Å². The first-order chi connectivity index (χ1) is 9.88. The van der Waals surface area contributed by atoms with Gasteiger partial charge in [-0.05, 0) is 5.92 Å². The smallest absolute Gasteiger partial charge is 0.379 e. The highest BCUT2D eigenvalue weighted by molar-refractivity contribution is 7.15. The number of hydrogen-bond acceptors (Lipinski definition) is 5. The highest BCUT2D eigenvalue weighted by Gasteiger charge is 2.33. The van der Waals surface area contributed by atoms with E-state index in [9.17, 15) is 13.2 Å². The second kappa shape index (κ2) is 6.93. The first-order valence-electron chi connectivity index (χ1n) is 6.96. The standard InChI is InChI=1S/C13H20F3N3OS/c1-9(2)10(19-3-5-20-6-4-19)7-17-12-18-8-11(21-12)13(14,15)16/h8-10H,3-7H2,1-2H3,(H,17,18). The van der Waals surface area contributed by atoms with Crippen molar-refractivity contribution in [2.24, 2.45) is 5.92 Å². The summed E-state index contributed by atoms with van der Waals surface area (Å²) in [6.07, 6.45) is -3.44. The van der Waals surface area contributed by atoms with E-state index in [1.165, 1.54) is 0 Å². The first-order valence-corrected chi connectivity index (χ1v) is 7.78. The van der Waals surface area contributed by atoms with Crippen LogP contribution in [0.15, 0.2) is 6.20 Å². The van der Waals surface area contributed by atoms with Crippen LogP contribution >= 0.6 is 11.3 Å². The zero-order valence-electron chi connectivity index (χ0n) is 12.1. The minimum absolute atomic E-state index is 0.257. The van der Waals surface area contributed by atoms with E-state index in [1.807, 2.05) is 0 Å². The highest BCUT2D eigenvalue weighted by atomic mass is 32.1. The average Bonchev–Trinajstić information content (AvgIpc) is 2.88. The van der Waals surface area contributed by atoms with Gasteiger partial charge in [-0.1, -0.05) is 25.2 Å². The number of halogens is 3. The quantitative estimate of drug-likeness (QED) is 0.904. The van der Waals surface area contributed by atoms with Crippen LogP contribution in [0.1, 0.15) is 18.7 Å². The van der Waals surface area contributed by atoms with Gasteiger partial charge in [0.25, 0.3) is 0 Å². The maximum Gasteiger partial charge on any atom is 0.427 e. The summed E-state index contributed by atoms with van der Waals surface area (Å²) in [4.78, 5) is 5.45. The van der Waals surface area contributed by atoms with Gasteiger partial charge in [0.15, 0.2) is 5.13 Å². The third-order valence-corrected chi connectivity index (χ3v) is 4.53. The monoisotopic (exact) mass is 323 g/mol. The molecule has 2 heterocycles. The number of thiazole rings is 1. The van der Waals surface area contributed by atoms with Crippen molar-refractivity contribution in [2.75, 3.05) is 38.2 Å². The van der Waals surface area contributed by atoms with Crippen molar-refractivity contribution in [3.8, 4) is 0 Å². The van der Waals surface area contributed by atoms with Crippen LogP contribution < -0.4 is 5.32 Å². The largest absolute Gasteiger partial charge is 0.427 e. The normalized spacial score (nSPS) is 19.0. The number of anilines is 1. The number of aromatic nitrogens is 1. The average molecular weight is 323 g/mol. The number of nitrogens with zero attached hydrogens (tertiary/aromatic N) is 2. The molecule has 120 valence electrons. The molecule has 1 unspecified atom stereocenters. The fraction of sp³-hybridized carbons (Fsp3) is 0.769. The van der Waals surface area contributed by atoms with Crippen molar-refractivity contribution >= 4 is 16.5 Å². The van der Waals surface area contributed by atoms with E-state index in [0.29, 0.717) is 42.1 Å². The van der Waals surface area contributed by atoms with Crippen LogP contribution in [-0.4, -0.2) is 48.8 Å². The zero-order valence-corrected chi connectivity index (χ0v) is 12.9. The molecule has 1 saturated heterocycles. The van der Waals surface area contributed by atoms with E-state index in [1.54, 1.807) is 0 Å². The van der Waals surface area contributed by atoms with Gasteiger partial charge in [0.1, 0.15) is 4.88 Å². The molecule has 0 amide bonds. The lowest BCUT2D eigenvalue weighted by Crippen LogP contribution is -2.49. The molecule has 8 heteroatoms. The Morgan fingerprint density at radius 2 is 2.05 bits per heavy atom. The number of morpholine rings is 1. The van der Waals surface area contributed by atoms with Crippen LogP contribution in [0.5, 0.6) is 0 Å². The molecular weight excluding hydrogens is 303 g/mol. The topological polar surface area (TPSA) is 37.4 Å². The maximum absolute atomic E-state index is 12.5. The third-order valence-electron chi connectivity index (χ3n) is 3.53. The van der Waals surface area contributed by atoms with Crippen molar-refractivity contribution in [1.29, 1.82) is 0 Å². The van der Waals surface area contributed by atoms with Crippen molar-refractivity contribution in [2.45, 2.75) is 26.1 Å². The third kappa shape index (κ3) is 4.55. The summed E-state index contributed by atoms with van der Waals surface area (Å²) < 4.78 is 43.0. The molecule has 0 radical (unpaired) electrons. The fourth-order valence-corrected chi connectivity index (χ4v) is 3.06. The Hall–Kier alpha value is -0.860. The second-order valence-corrected chi connectivity index (χ2v) is 6.40. The van der Waals surface area contributed by atoms with Gasteiger partial charge in [-0.25, -0.2) is 4.98 Å². The van der Waals surface area contributed by atoms with Crippen molar-refractivity contribution < 1.29 is 17.9 Å². The lowest BCUT2D eigenvalue weighted by molar-refractivity contribution is -0.134. The molecule has 1 fully saturated rings. The molecule has 21 heavy (non-hydrogen) atoms. The fourth-order valence-electron chi connectivity index (χ4n) is 2.37. The van der Waals surface area contributed by atoms with Crippen LogP contribution in [-0.2, 0) is 10.9 Å². The molecule has 0 bridgehead atoms. The Balaban J connectivity index is 1.93. The Morgan fingerprint density at radius 3 is 2.57 bits per heavy atom. The van der Waals surface area contributed by atoms with Gasteiger partial charge in [-0.15, -0.1) is 0 Å². The van der Waals surface area contributed by atoms with Gasteiger partial charge in [0, 0.05) is 25.7 Å². The molecule has 0 spiro atoms. The minimum Gasteiger partial charge on any atom is -0.379 e. The molecular formula is C13H20F3N3OS. The Kier molecular flexibility index (Phi) is 5.45. The van der Waals surface area contributed by atoms with Gasteiger partial charge in [0.05, 0.1) is 19.4 Å². The lowest BCUT2D eigenvalue weighted by atomic mass is 10.0. The Morgan fingerprint density at radius 1 is 1.38 bits per heavy atom. The number of nitrogens with one attached hydrogen (secondary N) is 1. The minimum atomic E-state index is -4.32. The number of alkyl halides is 3. The molecule has 0 saturated carbocycles. The zero-order chi connectivity index (χ0) is 15.5. The molecule has 1 aromatic heterocycles. The van der Waals surface area contributed by atoms with Crippen LogP contribution in [0.4, 0.5) is 18.3 Å². The predicted octanol–water partition coefficient (Wildman–Crippen LogP) is 2.93. The van der Waals surface area contributed by atoms with Crippen LogP contribution in [0.25, 0.3) is 0 Å². The van der Waals surface area contributed by atoms with E-state index < -0.39 is 11.1 Å². The van der Waals surface area contributed by atoms with Crippen LogP contribution in [0, 0.1) is 5.92 Å². The van der Waals surface area contributed by atoms with Crippen molar-refractivity contribution in [3.63, 3.8) is 0 Å². The molecule has 0 aromatic carbocycles. The predicted molar refractivity (Wildman–Crippen MR) is 76.6 cm³/mol. The second-order valence-electron chi connectivity index (χ2n) is 5.37. The first kappa shape index (κ1) is 16.5. The van der Waals surface area contributed by atoms with Gasteiger partial charge >= 0.3 is 6.18 Å². The Bertz CT molecular complexity index is 444. The summed E-state index contributed by atoms with van der Waals surface area (Å²) in [6, 6.07) is 0.257. The van der Waals surface area contributed by atoms with Crippen molar-refractivity contribution in [1.82, 2.24) is 9.88 Å². The molecule has 1 N–H and O–H groups in total. The van der Waals surface area contributed by atoms with E-state index in [4.69, 9.17) is 4.74 Å². The summed E-state index contributed by atoms with van der Waals surface area (Å²) in [5.74, 6) is 0.401. The number of rotatable bonds is 5. The summed E-state index contributed by atoms with van der Waals surface area (Å²) >= 11 is 0.650. The summed E-state index contributed by atoms with van der Waals surface area (Å²) in [5, 5.41) is 3.36. The van der Waals surface area contributed by atoms with Gasteiger partial charge < -0.3 is 10.1 Å². The maximum atomic E-state index is 12.5. The van der Waals surface area contributed by atoms with E-state index >= 15 is 0 Å². The number of ether oxygens (including phenoxy) is 1. The van der Waals surface area contributed by atoms with Gasteiger partial charge in [0.2, 0.25) is 0 Å². The molecule has 1 aliphatic rings. The molecule has 4 nitrogen and oxygen atoms in total. The summed E-state index contributed by atoms with van der Waals surface area (Å²) in [5.41, 5.74) is 0. The van der Waals surface area contributed by atoms with Crippen LogP contribution in [0.2, 0.25) is 0 Å². The molecule has 2 rings (SSSR count). The van der Waals surface area contributed by atoms with Gasteiger partial charge in [-0.3, -0.25) is 4.90 Å². The van der Waals surface area contributed by atoms with Gasteiger partial charge in [-0.2, -0.15) is 13.2 Å². The SMILES string of the molecule is CC(C)C(CNc1ncc(C(F)(F)F)s1)N1CCOCC1. The lowest BCUT2D eigenvalue weighted by Gasteiger charge is -2.36. The molecule has 1 aliphatic heterocycles. The Labute approximate surface area is 126 Å². The van der Waals surface area contributed by atoms with Crippen molar-refractivity contribution in [3.05, 3.63) is 11.1 Å². The summed E-state index contributed by atoms with van der Waals surface area (Å²) in [7, 11) is 0. The molecule has 1 atom stereocenters. The van der Waals surface area contributed by atoms with E-state index in [0.717, 1.165) is 19.3 Å². The summed E-state index contributed by atoms with van der Waals surface area (Å²) in [6.45, 7) is 7.95. The molecule has 0 aliphatic carbocycles. The van der Waals surface area contributed by atoms with E-state index in [-0.39, 0.29) is 6.04 Å². The van der Waals surface area contributed by atoms with Crippen LogP contribution in [0.3, 0.4) is 0 Å². The number of hydrogen-bond donors (Lipinski definition) is 1. The highest BCUT2D eigenvalue weighted by Crippen LogP contribution is 2.35.